The monoisotopic (exact) mass is 358 g/mol. The van der Waals surface area contributed by atoms with E-state index in [1.165, 1.54) is 64.7 Å². The zero-order valence-corrected chi connectivity index (χ0v) is 16.7. The number of rotatable bonds is 13. The molecular weight excluding hydrogens is 320 g/mol. The Morgan fingerprint density at radius 3 is 2.04 bits per heavy atom. The first-order valence-corrected chi connectivity index (χ1v) is 11.6. The SMILES string of the molecule is CCCCCCCCCCCC[S@](=O)[C@H]1CCCC[C@H]1OC(C)=O. The summed E-state index contributed by atoms with van der Waals surface area (Å²) in [6.45, 7) is 3.71. The van der Waals surface area contributed by atoms with Gasteiger partial charge in [-0.2, -0.15) is 0 Å². The van der Waals surface area contributed by atoms with E-state index in [0.29, 0.717) is 0 Å². The lowest BCUT2D eigenvalue weighted by Crippen LogP contribution is -2.37. The van der Waals surface area contributed by atoms with Crippen molar-refractivity contribution in [1.29, 1.82) is 0 Å². The molecule has 1 fully saturated rings. The number of hydrogen-bond donors (Lipinski definition) is 0. The Balaban J connectivity index is 2.07. The summed E-state index contributed by atoms with van der Waals surface area (Å²) < 4.78 is 17.9. The van der Waals surface area contributed by atoms with Crippen molar-refractivity contribution in [3.05, 3.63) is 0 Å². The molecule has 1 aliphatic carbocycles. The summed E-state index contributed by atoms with van der Waals surface area (Å²) >= 11 is 0. The third-order valence-electron chi connectivity index (χ3n) is 5.00. The Morgan fingerprint density at radius 2 is 1.46 bits per heavy atom. The summed E-state index contributed by atoms with van der Waals surface area (Å²) in [4.78, 5) is 11.2. The highest BCUT2D eigenvalue weighted by Crippen LogP contribution is 2.26. The van der Waals surface area contributed by atoms with E-state index in [0.717, 1.165) is 37.9 Å². The van der Waals surface area contributed by atoms with Gasteiger partial charge in [-0.25, -0.2) is 0 Å². The van der Waals surface area contributed by atoms with Gasteiger partial charge >= 0.3 is 5.97 Å². The first-order valence-electron chi connectivity index (χ1n) is 10.2. The van der Waals surface area contributed by atoms with E-state index in [-0.39, 0.29) is 17.3 Å². The topological polar surface area (TPSA) is 43.4 Å². The molecule has 0 spiro atoms. The molecule has 0 heterocycles. The highest BCUT2D eigenvalue weighted by atomic mass is 32.2. The van der Waals surface area contributed by atoms with E-state index < -0.39 is 10.8 Å². The smallest absolute Gasteiger partial charge is 0.302 e. The minimum atomic E-state index is -0.843. The molecule has 1 rings (SSSR count). The van der Waals surface area contributed by atoms with E-state index in [1.807, 2.05) is 0 Å². The third kappa shape index (κ3) is 9.80. The second kappa shape index (κ2) is 13.9. The maximum Gasteiger partial charge on any atom is 0.302 e. The zero-order chi connectivity index (χ0) is 17.6. The summed E-state index contributed by atoms with van der Waals surface area (Å²) in [7, 11) is -0.843. The van der Waals surface area contributed by atoms with E-state index in [4.69, 9.17) is 4.74 Å². The molecule has 4 heteroatoms. The molecular formula is C20H38O3S. The molecule has 0 aromatic rings. The zero-order valence-electron chi connectivity index (χ0n) is 15.9. The first kappa shape index (κ1) is 21.7. The van der Waals surface area contributed by atoms with Crippen molar-refractivity contribution in [3.63, 3.8) is 0 Å². The van der Waals surface area contributed by atoms with Crippen LogP contribution >= 0.6 is 0 Å². The molecule has 0 unspecified atom stereocenters. The fourth-order valence-electron chi connectivity index (χ4n) is 3.59. The second-order valence-corrected chi connectivity index (χ2v) is 9.01. The summed E-state index contributed by atoms with van der Waals surface area (Å²) in [6.07, 6.45) is 16.9. The van der Waals surface area contributed by atoms with Gasteiger partial charge in [0.1, 0.15) is 6.10 Å². The highest BCUT2D eigenvalue weighted by molar-refractivity contribution is 7.85. The number of carbonyl (C=O) groups excluding carboxylic acids is 1. The van der Waals surface area contributed by atoms with Crippen molar-refractivity contribution >= 4 is 16.8 Å². The Morgan fingerprint density at radius 1 is 0.917 bits per heavy atom. The average molecular weight is 359 g/mol. The molecule has 0 radical (unpaired) electrons. The maximum atomic E-state index is 12.5. The van der Waals surface area contributed by atoms with Crippen LogP contribution in [0, 0.1) is 0 Å². The molecule has 0 aliphatic heterocycles. The Labute approximate surface area is 151 Å². The third-order valence-corrected chi connectivity index (χ3v) is 6.90. The van der Waals surface area contributed by atoms with Gasteiger partial charge < -0.3 is 4.74 Å². The van der Waals surface area contributed by atoms with Gasteiger partial charge in [-0.3, -0.25) is 9.00 Å². The quantitative estimate of drug-likeness (QED) is 0.321. The van der Waals surface area contributed by atoms with Crippen LogP contribution in [0.1, 0.15) is 104 Å². The number of hydrogen-bond acceptors (Lipinski definition) is 3. The van der Waals surface area contributed by atoms with Crippen molar-refractivity contribution < 1.29 is 13.7 Å². The molecule has 0 amide bonds. The first-order chi connectivity index (χ1) is 11.6. The predicted octanol–water partition coefficient (Wildman–Crippen LogP) is 5.53. The molecule has 142 valence electrons. The van der Waals surface area contributed by atoms with Crippen molar-refractivity contribution in [2.45, 2.75) is 115 Å². The van der Waals surface area contributed by atoms with Crippen molar-refractivity contribution in [2.24, 2.45) is 0 Å². The average Bonchev–Trinajstić information content (AvgIpc) is 2.56. The molecule has 3 nitrogen and oxygen atoms in total. The summed E-state index contributed by atoms with van der Waals surface area (Å²) in [5.41, 5.74) is 0. The molecule has 0 N–H and O–H groups in total. The van der Waals surface area contributed by atoms with E-state index in [9.17, 15) is 9.00 Å². The lowest BCUT2D eigenvalue weighted by Gasteiger charge is -2.30. The lowest BCUT2D eigenvalue weighted by atomic mass is 9.97. The van der Waals surface area contributed by atoms with Crippen LogP contribution in [0.25, 0.3) is 0 Å². The minimum Gasteiger partial charge on any atom is -0.461 e. The second-order valence-electron chi connectivity index (χ2n) is 7.24. The molecule has 0 saturated heterocycles. The van der Waals surface area contributed by atoms with Gasteiger partial charge in [0.15, 0.2) is 0 Å². The van der Waals surface area contributed by atoms with Crippen LogP contribution in [-0.2, 0) is 20.3 Å². The lowest BCUT2D eigenvalue weighted by molar-refractivity contribution is -0.147. The number of esters is 1. The van der Waals surface area contributed by atoms with Gasteiger partial charge in [0, 0.05) is 23.5 Å². The van der Waals surface area contributed by atoms with Crippen LogP contribution in [0.2, 0.25) is 0 Å². The highest BCUT2D eigenvalue weighted by Gasteiger charge is 2.31. The van der Waals surface area contributed by atoms with Gasteiger partial charge in [-0.1, -0.05) is 71.1 Å². The summed E-state index contributed by atoms with van der Waals surface area (Å²) in [5.74, 6) is 0.543. The number of carbonyl (C=O) groups is 1. The Kier molecular flexibility index (Phi) is 12.5. The van der Waals surface area contributed by atoms with E-state index in [1.54, 1.807) is 0 Å². The van der Waals surface area contributed by atoms with Crippen LogP contribution in [0.5, 0.6) is 0 Å². The molecule has 1 saturated carbocycles. The van der Waals surface area contributed by atoms with Crippen molar-refractivity contribution in [1.82, 2.24) is 0 Å². The van der Waals surface area contributed by atoms with Gasteiger partial charge in [-0.05, 0) is 25.7 Å². The molecule has 0 aromatic heterocycles. The molecule has 24 heavy (non-hydrogen) atoms. The van der Waals surface area contributed by atoms with Crippen LogP contribution < -0.4 is 0 Å². The number of unbranched alkanes of at least 4 members (excludes halogenated alkanes) is 9. The normalized spacial score (nSPS) is 22.2. The van der Waals surface area contributed by atoms with E-state index in [2.05, 4.69) is 6.92 Å². The molecule has 3 atom stereocenters. The van der Waals surface area contributed by atoms with Gasteiger partial charge in [-0.15, -0.1) is 0 Å². The largest absolute Gasteiger partial charge is 0.461 e. The number of ether oxygens (including phenoxy) is 1. The van der Waals surface area contributed by atoms with Gasteiger partial charge in [0.25, 0.3) is 0 Å². The van der Waals surface area contributed by atoms with Crippen LogP contribution in [0.15, 0.2) is 0 Å². The summed E-state index contributed by atoms with van der Waals surface area (Å²) in [5, 5.41) is 0.0706. The standard InChI is InChI=1S/C20H38O3S/c1-3-4-5-6-7-8-9-10-11-14-17-24(22)20-16-13-12-15-19(20)23-18(2)21/h19-20H,3-17H2,1-2H3/t19-,20+,24+/m1/s1. The van der Waals surface area contributed by atoms with Crippen LogP contribution in [0.4, 0.5) is 0 Å². The summed E-state index contributed by atoms with van der Waals surface area (Å²) in [6, 6.07) is 0. The van der Waals surface area contributed by atoms with Gasteiger partial charge in [0.2, 0.25) is 0 Å². The fourth-order valence-corrected chi connectivity index (χ4v) is 5.35. The predicted molar refractivity (Wildman–Crippen MR) is 103 cm³/mol. The Hall–Kier alpha value is -0.380. The molecule has 1 aliphatic rings. The maximum absolute atomic E-state index is 12.5. The Bertz CT molecular complexity index is 357. The van der Waals surface area contributed by atoms with Crippen molar-refractivity contribution in [2.75, 3.05) is 5.75 Å². The van der Waals surface area contributed by atoms with Crippen molar-refractivity contribution in [3.8, 4) is 0 Å². The van der Waals surface area contributed by atoms with Crippen LogP contribution in [0.3, 0.4) is 0 Å². The molecule has 0 aromatic carbocycles. The molecule has 0 bridgehead atoms. The minimum absolute atomic E-state index is 0.0706. The van der Waals surface area contributed by atoms with Gasteiger partial charge in [0.05, 0.1) is 5.25 Å². The van der Waals surface area contributed by atoms with E-state index >= 15 is 0 Å². The van der Waals surface area contributed by atoms with Crippen LogP contribution in [-0.4, -0.2) is 27.3 Å². The fraction of sp³-hybridized carbons (Fsp3) is 0.950.